The van der Waals surface area contributed by atoms with Crippen LogP contribution in [0.2, 0.25) is 0 Å². The fourth-order valence-corrected chi connectivity index (χ4v) is 4.55. The van der Waals surface area contributed by atoms with E-state index in [-0.39, 0.29) is 0 Å². The first kappa shape index (κ1) is 21.4. The smallest absolute Gasteiger partial charge is 0.204 e. The largest absolute Gasteiger partial charge is 0.493 e. The number of hydrogen-bond acceptors (Lipinski definition) is 5. The Balaban J connectivity index is 1.81. The van der Waals surface area contributed by atoms with Gasteiger partial charge in [-0.1, -0.05) is 56.0 Å². The van der Waals surface area contributed by atoms with E-state index >= 15 is 0 Å². The first-order valence-electron chi connectivity index (χ1n) is 11.2. The molecule has 0 bridgehead atoms. The van der Waals surface area contributed by atoms with Gasteiger partial charge in [0.15, 0.2) is 11.5 Å². The number of rotatable bonds is 7. The van der Waals surface area contributed by atoms with Gasteiger partial charge in [-0.05, 0) is 24.5 Å². The van der Waals surface area contributed by atoms with Gasteiger partial charge in [0.25, 0.3) is 0 Å². The third-order valence-corrected chi connectivity index (χ3v) is 6.19. The van der Waals surface area contributed by atoms with Crippen LogP contribution in [0.25, 0.3) is 22.2 Å². The van der Waals surface area contributed by atoms with Crippen LogP contribution in [0.5, 0.6) is 17.2 Å². The van der Waals surface area contributed by atoms with Crippen molar-refractivity contribution in [3.63, 3.8) is 0 Å². The summed E-state index contributed by atoms with van der Waals surface area (Å²) in [5.41, 5.74) is 4.08. The molecule has 3 aromatic rings. The Bertz CT molecular complexity index is 1010. The van der Waals surface area contributed by atoms with Crippen molar-refractivity contribution in [1.29, 1.82) is 0 Å². The van der Waals surface area contributed by atoms with Crippen LogP contribution in [0.3, 0.4) is 0 Å². The van der Waals surface area contributed by atoms with Gasteiger partial charge in [0.1, 0.15) is 0 Å². The zero-order chi connectivity index (χ0) is 21.6. The van der Waals surface area contributed by atoms with E-state index in [4.69, 9.17) is 19.2 Å². The predicted octanol–water partition coefficient (Wildman–Crippen LogP) is 5.74. The molecule has 1 N–H and O–H groups in total. The second-order valence-electron chi connectivity index (χ2n) is 8.14. The van der Waals surface area contributed by atoms with Crippen LogP contribution in [0.4, 0.5) is 0 Å². The number of aromatic nitrogens is 1. The van der Waals surface area contributed by atoms with Gasteiger partial charge in [-0.3, -0.25) is 0 Å². The summed E-state index contributed by atoms with van der Waals surface area (Å²) >= 11 is 0. The van der Waals surface area contributed by atoms with Gasteiger partial charge in [0.05, 0.1) is 32.5 Å². The molecule has 4 rings (SSSR count). The molecule has 1 aliphatic rings. The molecule has 0 aliphatic heterocycles. The molecule has 0 amide bonds. The summed E-state index contributed by atoms with van der Waals surface area (Å²) in [4.78, 5) is 5.06. The molecule has 5 heteroatoms. The van der Waals surface area contributed by atoms with E-state index in [1.54, 1.807) is 21.3 Å². The van der Waals surface area contributed by atoms with Crippen molar-refractivity contribution in [2.45, 2.75) is 51.1 Å². The van der Waals surface area contributed by atoms with Gasteiger partial charge in [0.2, 0.25) is 5.75 Å². The molecule has 0 radical (unpaired) electrons. The molecule has 2 aromatic carbocycles. The van der Waals surface area contributed by atoms with E-state index in [1.807, 2.05) is 12.1 Å². The van der Waals surface area contributed by atoms with Crippen LogP contribution >= 0.6 is 0 Å². The van der Waals surface area contributed by atoms with Crippen molar-refractivity contribution < 1.29 is 14.2 Å². The van der Waals surface area contributed by atoms with Crippen LogP contribution in [0.15, 0.2) is 42.5 Å². The Morgan fingerprint density at radius 2 is 1.58 bits per heavy atom. The molecule has 1 saturated carbocycles. The number of nitrogens with zero attached hydrogens (tertiary/aromatic N) is 1. The summed E-state index contributed by atoms with van der Waals surface area (Å²) in [6.45, 7) is 0.773. The molecule has 5 nitrogen and oxygen atoms in total. The SMILES string of the molecule is COc1cc2nc(-c3ccccc3)c(CNC3CCCCCC3)cc2c(OC)c1OC. The van der Waals surface area contributed by atoms with E-state index in [2.05, 4.69) is 35.6 Å². The lowest BCUT2D eigenvalue weighted by Gasteiger charge is -2.20. The van der Waals surface area contributed by atoms with Crippen molar-refractivity contribution in [3.8, 4) is 28.5 Å². The average molecular weight is 421 g/mol. The number of fused-ring (bicyclic) bond motifs is 1. The average Bonchev–Trinajstić information content (AvgIpc) is 3.10. The lowest BCUT2D eigenvalue weighted by molar-refractivity contribution is 0.327. The third kappa shape index (κ3) is 4.62. The van der Waals surface area contributed by atoms with Crippen molar-refractivity contribution >= 4 is 10.9 Å². The topological polar surface area (TPSA) is 52.6 Å². The fourth-order valence-electron chi connectivity index (χ4n) is 4.55. The number of hydrogen-bond donors (Lipinski definition) is 1. The first-order valence-corrected chi connectivity index (χ1v) is 11.2. The number of pyridine rings is 1. The maximum absolute atomic E-state index is 5.74. The quantitative estimate of drug-likeness (QED) is 0.494. The summed E-state index contributed by atoms with van der Waals surface area (Å²) in [7, 11) is 4.92. The summed E-state index contributed by atoms with van der Waals surface area (Å²) in [6, 6.07) is 15.0. The minimum Gasteiger partial charge on any atom is -0.493 e. The molecule has 164 valence electrons. The minimum absolute atomic E-state index is 0.564. The van der Waals surface area contributed by atoms with Crippen molar-refractivity contribution in [2.75, 3.05) is 21.3 Å². The highest BCUT2D eigenvalue weighted by atomic mass is 16.5. The molecule has 1 heterocycles. The van der Waals surface area contributed by atoms with Crippen LogP contribution < -0.4 is 19.5 Å². The monoisotopic (exact) mass is 420 g/mol. The molecule has 0 atom stereocenters. The van der Waals surface area contributed by atoms with E-state index in [9.17, 15) is 0 Å². The highest BCUT2D eigenvalue weighted by Crippen LogP contribution is 2.44. The van der Waals surface area contributed by atoms with Gasteiger partial charge >= 0.3 is 0 Å². The van der Waals surface area contributed by atoms with E-state index < -0.39 is 0 Å². The standard InChI is InChI=1S/C26H32N2O3/c1-29-23-16-22-21(25(30-2)26(23)31-3)15-19(17-27-20-13-9-4-5-10-14-20)24(28-22)18-11-7-6-8-12-18/h6-8,11-12,15-16,20,27H,4-5,9-10,13-14,17H2,1-3H3. The molecular weight excluding hydrogens is 388 g/mol. The molecule has 1 aromatic heterocycles. The Labute approximate surface area is 184 Å². The summed E-state index contributed by atoms with van der Waals surface area (Å²) in [6.07, 6.45) is 7.81. The Morgan fingerprint density at radius 1 is 0.871 bits per heavy atom. The van der Waals surface area contributed by atoms with Crippen LogP contribution in [-0.4, -0.2) is 32.4 Å². The summed E-state index contributed by atoms with van der Waals surface area (Å²) in [5.74, 6) is 1.86. The number of benzene rings is 2. The fraction of sp³-hybridized carbons (Fsp3) is 0.423. The zero-order valence-electron chi connectivity index (χ0n) is 18.7. The van der Waals surface area contributed by atoms with E-state index in [1.165, 1.54) is 38.5 Å². The van der Waals surface area contributed by atoms with Crippen LogP contribution in [-0.2, 0) is 6.54 Å². The molecule has 1 aliphatic carbocycles. The highest BCUT2D eigenvalue weighted by molar-refractivity contribution is 5.93. The van der Waals surface area contributed by atoms with Gasteiger partial charge in [-0.15, -0.1) is 0 Å². The minimum atomic E-state index is 0.564. The van der Waals surface area contributed by atoms with E-state index in [0.717, 1.165) is 34.3 Å². The lowest BCUT2D eigenvalue weighted by atomic mass is 10.0. The van der Waals surface area contributed by atoms with Crippen molar-refractivity contribution in [2.24, 2.45) is 0 Å². The summed E-state index contributed by atoms with van der Waals surface area (Å²) in [5, 5.41) is 4.73. The third-order valence-electron chi connectivity index (χ3n) is 6.19. The van der Waals surface area contributed by atoms with Crippen molar-refractivity contribution in [1.82, 2.24) is 10.3 Å². The Morgan fingerprint density at radius 3 is 2.23 bits per heavy atom. The van der Waals surface area contributed by atoms with E-state index in [0.29, 0.717) is 23.3 Å². The van der Waals surface area contributed by atoms with Crippen LogP contribution in [0.1, 0.15) is 44.1 Å². The zero-order valence-corrected chi connectivity index (χ0v) is 18.7. The molecule has 0 unspecified atom stereocenters. The molecule has 31 heavy (non-hydrogen) atoms. The number of nitrogens with one attached hydrogen (secondary N) is 1. The van der Waals surface area contributed by atoms with Gasteiger partial charge in [-0.25, -0.2) is 4.98 Å². The number of ether oxygens (including phenoxy) is 3. The van der Waals surface area contributed by atoms with Crippen LogP contribution in [0, 0.1) is 0 Å². The number of methoxy groups -OCH3 is 3. The Kier molecular flexibility index (Phi) is 6.92. The van der Waals surface area contributed by atoms with Gasteiger partial charge in [-0.2, -0.15) is 0 Å². The Hall–Kier alpha value is -2.79. The van der Waals surface area contributed by atoms with Gasteiger partial charge in [0, 0.05) is 29.6 Å². The molecular formula is C26H32N2O3. The second-order valence-corrected chi connectivity index (χ2v) is 8.14. The maximum atomic E-state index is 5.74. The molecule has 0 spiro atoms. The van der Waals surface area contributed by atoms with Gasteiger partial charge < -0.3 is 19.5 Å². The lowest BCUT2D eigenvalue weighted by Crippen LogP contribution is -2.28. The first-order chi connectivity index (χ1) is 15.2. The molecule has 0 saturated heterocycles. The summed E-state index contributed by atoms with van der Waals surface area (Å²) < 4.78 is 16.9. The molecule has 1 fully saturated rings. The van der Waals surface area contributed by atoms with Crippen molar-refractivity contribution in [3.05, 3.63) is 48.0 Å². The predicted molar refractivity (Wildman–Crippen MR) is 125 cm³/mol. The normalized spacial score (nSPS) is 14.9. The maximum Gasteiger partial charge on any atom is 0.204 e. The second kappa shape index (κ2) is 10.0. The highest BCUT2D eigenvalue weighted by Gasteiger charge is 2.20.